The fraction of sp³-hybridized carbons (Fsp3) is 0.462. The number of aromatic nitrogens is 1. The van der Waals surface area contributed by atoms with E-state index < -0.39 is 0 Å². The van der Waals surface area contributed by atoms with Crippen LogP contribution in [0.4, 0.5) is 0 Å². The van der Waals surface area contributed by atoms with Crippen LogP contribution < -0.4 is 0 Å². The quantitative estimate of drug-likeness (QED) is 0.621. The van der Waals surface area contributed by atoms with Gasteiger partial charge in [-0.2, -0.15) is 0 Å². The summed E-state index contributed by atoms with van der Waals surface area (Å²) in [5.41, 5.74) is 0.375. The minimum Gasteiger partial charge on any atom is -0.469 e. The molecule has 0 spiro atoms. The van der Waals surface area contributed by atoms with Gasteiger partial charge in [0.2, 0.25) is 0 Å². The number of methoxy groups -OCH3 is 1. The zero-order valence-electron chi connectivity index (χ0n) is 10.9. The summed E-state index contributed by atoms with van der Waals surface area (Å²) < 4.78 is 4.73. The molecule has 1 fully saturated rings. The summed E-state index contributed by atoms with van der Waals surface area (Å²) in [4.78, 5) is 29.4. The SMILES string of the molecule is COC(=O)C1CCCN(C(=O)c2cc(Cl)nc(Cl)c2)C1. The van der Waals surface area contributed by atoms with E-state index >= 15 is 0 Å². The second-order valence-electron chi connectivity index (χ2n) is 4.61. The first-order chi connectivity index (χ1) is 9.51. The van der Waals surface area contributed by atoms with Crippen molar-refractivity contribution in [2.24, 2.45) is 5.92 Å². The van der Waals surface area contributed by atoms with Gasteiger partial charge in [-0.3, -0.25) is 9.59 Å². The molecule has 0 aromatic carbocycles. The van der Waals surface area contributed by atoms with Gasteiger partial charge >= 0.3 is 5.97 Å². The lowest BCUT2D eigenvalue weighted by Crippen LogP contribution is -2.42. The number of nitrogens with zero attached hydrogens (tertiary/aromatic N) is 2. The highest BCUT2D eigenvalue weighted by Gasteiger charge is 2.29. The maximum absolute atomic E-state index is 12.4. The molecule has 0 saturated carbocycles. The molecule has 1 unspecified atom stereocenters. The maximum atomic E-state index is 12.4. The predicted octanol–water partition coefficient (Wildman–Crippen LogP) is 2.41. The van der Waals surface area contributed by atoms with Crippen molar-refractivity contribution in [1.82, 2.24) is 9.88 Å². The molecule has 1 atom stereocenters. The molecule has 1 saturated heterocycles. The van der Waals surface area contributed by atoms with Crippen molar-refractivity contribution >= 4 is 35.1 Å². The van der Waals surface area contributed by atoms with Gasteiger partial charge in [0.25, 0.3) is 5.91 Å². The number of carbonyl (C=O) groups excluding carboxylic acids is 2. The molecule has 0 radical (unpaired) electrons. The van der Waals surface area contributed by atoms with Crippen LogP contribution in [0.3, 0.4) is 0 Å². The van der Waals surface area contributed by atoms with Crippen LogP contribution in [0, 0.1) is 5.92 Å². The van der Waals surface area contributed by atoms with E-state index in [2.05, 4.69) is 4.98 Å². The van der Waals surface area contributed by atoms with E-state index in [-0.39, 0.29) is 28.1 Å². The van der Waals surface area contributed by atoms with E-state index in [9.17, 15) is 9.59 Å². The van der Waals surface area contributed by atoms with Gasteiger partial charge in [-0.25, -0.2) is 4.98 Å². The summed E-state index contributed by atoms with van der Waals surface area (Å²) in [7, 11) is 1.35. The molecule has 1 amide bonds. The number of pyridine rings is 1. The highest BCUT2D eigenvalue weighted by atomic mass is 35.5. The van der Waals surface area contributed by atoms with Crippen molar-refractivity contribution < 1.29 is 14.3 Å². The van der Waals surface area contributed by atoms with Crippen molar-refractivity contribution in [3.63, 3.8) is 0 Å². The van der Waals surface area contributed by atoms with E-state index in [0.717, 1.165) is 12.8 Å². The van der Waals surface area contributed by atoms with Gasteiger partial charge in [-0.15, -0.1) is 0 Å². The predicted molar refractivity (Wildman–Crippen MR) is 74.9 cm³/mol. The molecule has 2 heterocycles. The first-order valence-corrected chi connectivity index (χ1v) is 6.97. The molecular weight excluding hydrogens is 303 g/mol. The van der Waals surface area contributed by atoms with Gasteiger partial charge in [0.1, 0.15) is 10.3 Å². The summed E-state index contributed by atoms with van der Waals surface area (Å²) in [5, 5.41) is 0.338. The van der Waals surface area contributed by atoms with Gasteiger partial charge < -0.3 is 9.64 Å². The molecule has 1 aliphatic heterocycles. The fourth-order valence-electron chi connectivity index (χ4n) is 2.29. The minimum atomic E-state index is -0.284. The van der Waals surface area contributed by atoms with Crippen LogP contribution in [0.1, 0.15) is 23.2 Å². The van der Waals surface area contributed by atoms with Crippen molar-refractivity contribution in [1.29, 1.82) is 0 Å². The number of ether oxygens (including phenoxy) is 1. The third-order valence-corrected chi connectivity index (χ3v) is 3.64. The number of rotatable bonds is 2. The summed E-state index contributed by atoms with van der Waals surface area (Å²) in [6.45, 7) is 0.951. The smallest absolute Gasteiger partial charge is 0.310 e. The lowest BCUT2D eigenvalue weighted by Gasteiger charge is -2.31. The molecule has 0 aliphatic carbocycles. The molecule has 7 heteroatoms. The normalized spacial score (nSPS) is 18.8. The third kappa shape index (κ3) is 3.41. The number of halogens is 2. The lowest BCUT2D eigenvalue weighted by molar-refractivity contribution is -0.146. The Morgan fingerprint density at radius 2 is 2.00 bits per heavy atom. The average molecular weight is 317 g/mol. The highest BCUT2D eigenvalue weighted by Crippen LogP contribution is 2.21. The van der Waals surface area contributed by atoms with E-state index in [4.69, 9.17) is 27.9 Å². The van der Waals surface area contributed by atoms with Crippen LogP contribution >= 0.6 is 23.2 Å². The summed E-state index contributed by atoms with van der Waals surface area (Å²) >= 11 is 11.6. The zero-order chi connectivity index (χ0) is 14.7. The number of amides is 1. The van der Waals surface area contributed by atoms with E-state index in [0.29, 0.717) is 18.7 Å². The van der Waals surface area contributed by atoms with Gasteiger partial charge in [0.15, 0.2) is 0 Å². The van der Waals surface area contributed by atoms with E-state index in [1.165, 1.54) is 19.2 Å². The summed E-state index contributed by atoms with van der Waals surface area (Å²) in [6.07, 6.45) is 1.49. The first-order valence-electron chi connectivity index (χ1n) is 6.21. The Kier molecular flexibility index (Phi) is 4.83. The summed E-state index contributed by atoms with van der Waals surface area (Å²) in [5.74, 6) is -0.761. The molecule has 1 aliphatic rings. The molecule has 2 rings (SSSR count). The second kappa shape index (κ2) is 6.41. The molecule has 5 nitrogen and oxygen atoms in total. The molecule has 1 aromatic rings. The Balaban J connectivity index is 2.14. The van der Waals surface area contributed by atoms with Crippen molar-refractivity contribution in [2.75, 3.05) is 20.2 Å². The number of likely N-dealkylation sites (tertiary alicyclic amines) is 1. The van der Waals surface area contributed by atoms with Crippen LogP contribution in [-0.4, -0.2) is 42.0 Å². The molecule has 0 N–H and O–H groups in total. The number of esters is 1. The van der Waals surface area contributed by atoms with Crippen LogP contribution in [0.5, 0.6) is 0 Å². The minimum absolute atomic E-state index is 0.169. The monoisotopic (exact) mass is 316 g/mol. The van der Waals surface area contributed by atoms with E-state index in [1.807, 2.05) is 0 Å². The number of hydrogen-bond donors (Lipinski definition) is 0. The van der Waals surface area contributed by atoms with Crippen LogP contribution in [0.25, 0.3) is 0 Å². The van der Waals surface area contributed by atoms with E-state index in [1.54, 1.807) is 4.90 Å². The molecule has 1 aromatic heterocycles. The van der Waals surface area contributed by atoms with Crippen molar-refractivity contribution in [3.05, 3.63) is 28.0 Å². The Bertz CT molecular complexity index is 516. The van der Waals surface area contributed by atoms with Gasteiger partial charge in [-0.05, 0) is 25.0 Å². The Labute approximate surface area is 126 Å². The Hall–Kier alpha value is -1.33. The van der Waals surface area contributed by atoms with Crippen molar-refractivity contribution in [2.45, 2.75) is 12.8 Å². The van der Waals surface area contributed by atoms with Gasteiger partial charge in [0.05, 0.1) is 13.0 Å². The Morgan fingerprint density at radius 1 is 1.35 bits per heavy atom. The molecule has 0 bridgehead atoms. The first kappa shape index (κ1) is 15.1. The number of carbonyl (C=O) groups is 2. The topological polar surface area (TPSA) is 59.5 Å². The second-order valence-corrected chi connectivity index (χ2v) is 5.39. The third-order valence-electron chi connectivity index (χ3n) is 3.25. The van der Waals surface area contributed by atoms with Gasteiger partial charge in [-0.1, -0.05) is 23.2 Å². The average Bonchev–Trinajstić information content (AvgIpc) is 2.44. The highest BCUT2D eigenvalue weighted by molar-refractivity contribution is 6.33. The standard InChI is InChI=1S/C13H14Cl2N2O3/c1-20-13(19)8-3-2-4-17(7-8)12(18)9-5-10(14)16-11(15)6-9/h5-6,8H,2-4,7H2,1H3. The van der Waals surface area contributed by atoms with Crippen molar-refractivity contribution in [3.8, 4) is 0 Å². The van der Waals surface area contributed by atoms with Crippen LogP contribution in [0.2, 0.25) is 10.3 Å². The lowest BCUT2D eigenvalue weighted by atomic mass is 9.97. The summed E-state index contributed by atoms with van der Waals surface area (Å²) in [6, 6.07) is 2.94. The molecule has 108 valence electrons. The molecule has 20 heavy (non-hydrogen) atoms. The zero-order valence-corrected chi connectivity index (χ0v) is 12.4. The number of hydrogen-bond acceptors (Lipinski definition) is 4. The molecular formula is C13H14Cl2N2O3. The van der Waals surface area contributed by atoms with Crippen LogP contribution in [0.15, 0.2) is 12.1 Å². The maximum Gasteiger partial charge on any atom is 0.310 e. The Morgan fingerprint density at radius 3 is 2.60 bits per heavy atom. The van der Waals surface area contributed by atoms with Gasteiger partial charge in [0, 0.05) is 18.7 Å². The largest absolute Gasteiger partial charge is 0.469 e. The van der Waals surface area contributed by atoms with Crippen LogP contribution in [-0.2, 0) is 9.53 Å². The number of piperidine rings is 1. The fourth-order valence-corrected chi connectivity index (χ4v) is 2.75.